The van der Waals surface area contributed by atoms with Gasteiger partial charge in [0.1, 0.15) is 17.4 Å². The molecule has 1 aromatic carbocycles. The summed E-state index contributed by atoms with van der Waals surface area (Å²) in [6.45, 7) is 12.5. The zero-order valence-corrected chi connectivity index (χ0v) is 20.8. The van der Waals surface area contributed by atoms with E-state index >= 15 is 0 Å². The number of fused-ring (bicyclic) bond motifs is 1. The van der Waals surface area contributed by atoms with Crippen molar-refractivity contribution in [2.75, 3.05) is 6.61 Å². The third-order valence-electron chi connectivity index (χ3n) is 4.76. The maximum Gasteiger partial charge on any atom is 0.405 e. The molecule has 0 spiro atoms. The summed E-state index contributed by atoms with van der Waals surface area (Å²) in [6, 6.07) is 11.9. The van der Waals surface area contributed by atoms with Crippen molar-refractivity contribution in [1.29, 1.82) is 5.26 Å². The number of carbonyl (C=O) groups is 1. The first-order chi connectivity index (χ1) is 16.0. The van der Waals surface area contributed by atoms with E-state index in [0.29, 0.717) is 29.8 Å². The number of rotatable bonds is 6. The third kappa shape index (κ3) is 8.36. The number of nitrogens with zero attached hydrogens (tertiary/aromatic N) is 3. The van der Waals surface area contributed by atoms with Crippen LogP contribution in [0.5, 0.6) is 5.75 Å². The molecular weight excluding hydrogens is 428 g/mol. The van der Waals surface area contributed by atoms with Crippen molar-refractivity contribution in [2.45, 2.75) is 53.6 Å². The molecule has 0 aliphatic rings. The molecule has 0 fully saturated rings. The van der Waals surface area contributed by atoms with Crippen LogP contribution in [0.25, 0.3) is 22.0 Å². The number of hydrogen-bond acceptors (Lipinski definition) is 6. The van der Waals surface area contributed by atoms with Crippen molar-refractivity contribution in [2.24, 2.45) is 17.6 Å². The lowest BCUT2D eigenvalue weighted by Gasteiger charge is -2.16. The van der Waals surface area contributed by atoms with Gasteiger partial charge in [-0.1, -0.05) is 26.8 Å². The lowest BCUT2D eigenvalue weighted by atomic mass is 9.99. The highest BCUT2D eigenvalue weighted by molar-refractivity contribution is 5.93. The fraction of sp³-hybridized carbons (Fsp3) is 0.407. The maximum absolute atomic E-state index is 10.0. The van der Waals surface area contributed by atoms with Crippen molar-refractivity contribution in [3.63, 3.8) is 0 Å². The van der Waals surface area contributed by atoms with Crippen LogP contribution in [0, 0.1) is 23.2 Å². The molecule has 0 radical (unpaired) electrons. The van der Waals surface area contributed by atoms with Crippen molar-refractivity contribution in [3.05, 3.63) is 54.5 Å². The Hall–Kier alpha value is -3.66. The van der Waals surface area contributed by atoms with Gasteiger partial charge in [0.25, 0.3) is 0 Å². The zero-order chi connectivity index (χ0) is 25.3. The molecule has 180 valence electrons. The third-order valence-corrected chi connectivity index (χ3v) is 4.76. The van der Waals surface area contributed by atoms with Crippen LogP contribution >= 0.6 is 0 Å². The summed E-state index contributed by atoms with van der Waals surface area (Å²) < 4.78 is 10.5. The molecule has 2 N–H and O–H groups in total. The highest BCUT2D eigenvalue weighted by Gasteiger charge is 2.13. The molecule has 0 saturated heterocycles. The van der Waals surface area contributed by atoms with E-state index in [1.807, 2.05) is 36.5 Å². The summed E-state index contributed by atoms with van der Waals surface area (Å²) in [7, 11) is 0. The van der Waals surface area contributed by atoms with E-state index in [1.165, 1.54) is 0 Å². The first kappa shape index (κ1) is 26.6. The minimum Gasteiger partial charge on any atom is -0.492 e. The number of ether oxygens (including phenoxy) is 2. The number of aromatic nitrogens is 2. The van der Waals surface area contributed by atoms with E-state index in [4.69, 9.17) is 10.5 Å². The van der Waals surface area contributed by atoms with Gasteiger partial charge >= 0.3 is 6.09 Å². The lowest BCUT2D eigenvalue weighted by molar-refractivity contribution is 0.0600. The van der Waals surface area contributed by atoms with Crippen LogP contribution in [0.2, 0.25) is 0 Å². The number of nitriles is 1. The van der Waals surface area contributed by atoms with Crippen LogP contribution in [0.1, 0.15) is 53.5 Å². The molecule has 0 aliphatic heterocycles. The van der Waals surface area contributed by atoms with E-state index in [0.717, 1.165) is 28.5 Å². The van der Waals surface area contributed by atoms with Crippen LogP contribution < -0.4 is 10.5 Å². The SMILES string of the molecule is CC(C)(C)OC(N)=O.CC(C)CC(C)COc1ccc(-c2ccnc3ccncc23)cc1C#N. The molecule has 2 heterocycles. The largest absolute Gasteiger partial charge is 0.492 e. The molecule has 3 rings (SSSR count). The Morgan fingerprint density at radius 1 is 1.15 bits per heavy atom. The van der Waals surface area contributed by atoms with Crippen LogP contribution in [0.15, 0.2) is 48.9 Å². The molecule has 0 saturated carbocycles. The standard InChI is InChI=1S/C22H23N3O.C5H11NO2/c1-15(2)10-16(3)14-26-22-5-4-17(11-18(22)12-23)19-6-9-25-21-7-8-24-13-20(19)21;1-5(2,3)8-4(6)7/h4-9,11,13,15-16H,10,14H2,1-3H3;1-3H3,(H2,6,7). The van der Waals surface area contributed by atoms with Crippen molar-refractivity contribution in [3.8, 4) is 22.9 Å². The van der Waals surface area contributed by atoms with E-state index in [-0.39, 0.29) is 0 Å². The summed E-state index contributed by atoms with van der Waals surface area (Å²) in [5.41, 5.74) is 7.68. The molecule has 7 heteroatoms. The fourth-order valence-corrected chi connectivity index (χ4v) is 3.56. The van der Waals surface area contributed by atoms with E-state index in [1.54, 1.807) is 33.2 Å². The summed E-state index contributed by atoms with van der Waals surface area (Å²) in [5, 5.41) is 10.5. The minimum absolute atomic E-state index is 0.453. The predicted molar refractivity (Wildman–Crippen MR) is 134 cm³/mol. The molecule has 7 nitrogen and oxygen atoms in total. The van der Waals surface area contributed by atoms with Crippen LogP contribution in [-0.2, 0) is 4.74 Å². The normalized spacial score (nSPS) is 11.8. The second kappa shape index (κ2) is 12.0. The van der Waals surface area contributed by atoms with E-state index < -0.39 is 11.7 Å². The average Bonchev–Trinajstić information content (AvgIpc) is 2.75. The molecule has 34 heavy (non-hydrogen) atoms. The van der Waals surface area contributed by atoms with Gasteiger partial charge in [0.15, 0.2) is 0 Å². The van der Waals surface area contributed by atoms with Gasteiger partial charge in [-0.25, -0.2) is 4.79 Å². The Kier molecular flexibility index (Phi) is 9.37. The Morgan fingerprint density at radius 2 is 1.88 bits per heavy atom. The Morgan fingerprint density at radius 3 is 2.47 bits per heavy atom. The highest BCUT2D eigenvalue weighted by Crippen LogP contribution is 2.31. The van der Waals surface area contributed by atoms with Crippen LogP contribution in [-0.4, -0.2) is 28.3 Å². The number of amides is 1. The van der Waals surface area contributed by atoms with Crippen LogP contribution in [0.3, 0.4) is 0 Å². The zero-order valence-electron chi connectivity index (χ0n) is 20.8. The molecule has 1 atom stereocenters. The van der Waals surface area contributed by atoms with Gasteiger partial charge in [-0.15, -0.1) is 0 Å². The van der Waals surface area contributed by atoms with Gasteiger partial charge in [-0.3, -0.25) is 9.97 Å². The lowest BCUT2D eigenvalue weighted by Crippen LogP contribution is -2.27. The number of pyridine rings is 2. The van der Waals surface area contributed by atoms with Crippen molar-refractivity contribution >= 4 is 17.0 Å². The van der Waals surface area contributed by atoms with Crippen molar-refractivity contribution < 1.29 is 14.3 Å². The molecule has 3 aromatic rings. The second-order valence-electron chi connectivity index (χ2n) is 9.65. The first-order valence-electron chi connectivity index (χ1n) is 11.3. The van der Waals surface area contributed by atoms with E-state index in [9.17, 15) is 10.1 Å². The van der Waals surface area contributed by atoms with Gasteiger partial charge < -0.3 is 15.2 Å². The van der Waals surface area contributed by atoms with Crippen LogP contribution in [0.4, 0.5) is 4.79 Å². The average molecular weight is 463 g/mol. The van der Waals surface area contributed by atoms with Crippen molar-refractivity contribution in [1.82, 2.24) is 9.97 Å². The molecule has 0 bridgehead atoms. The quantitative estimate of drug-likeness (QED) is 0.473. The van der Waals surface area contributed by atoms with Gasteiger partial charge in [0, 0.05) is 24.0 Å². The molecule has 1 amide bonds. The number of nitrogens with two attached hydrogens (primary N) is 1. The van der Waals surface area contributed by atoms with Gasteiger partial charge in [0.05, 0.1) is 17.7 Å². The number of carbonyl (C=O) groups excluding carboxylic acids is 1. The summed E-state index contributed by atoms with van der Waals surface area (Å²) in [6.07, 6.45) is 5.70. The monoisotopic (exact) mass is 462 g/mol. The minimum atomic E-state index is -0.725. The Bertz CT molecular complexity index is 1140. The summed E-state index contributed by atoms with van der Waals surface area (Å²) >= 11 is 0. The molecule has 1 unspecified atom stereocenters. The highest BCUT2D eigenvalue weighted by atomic mass is 16.6. The first-order valence-corrected chi connectivity index (χ1v) is 11.3. The smallest absolute Gasteiger partial charge is 0.405 e. The summed E-state index contributed by atoms with van der Waals surface area (Å²) in [4.78, 5) is 18.6. The van der Waals surface area contributed by atoms with Gasteiger partial charge in [-0.2, -0.15) is 5.26 Å². The van der Waals surface area contributed by atoms with Gasteiger partial charge in [0.2, 0.25) is 0 Å². The topological polar surface area (TPSA) is 111 Å². The molecule has 2 aromatic heterocycles. The summed E-state index contributed by atoms with van der Waals surface area (Å²) in [5.74, 6) is 1.74. The fourth-order valence-electron chi connectivity index (χ4n) is 3.56. The van der Waals surface area contributed by atoms with Gasteiger partial charge in [-0.05, 0) is 74.4 Å². The number of benzene rings is 1. The molecular formula is C27H34N4O3. The molecule has 0 aliphatic carbocycles. The second-order valence-corrected chi connectivity index (χ2v) is 9.65. The number of hydrogen-bond donors (Lipinski definition) is 1. The van der Waals surface area contributed by atoms with E-state index in [2.05, 4.69) is 41.5 Å². The number of primary amides is 1. The Labute approximate surface area is 201 Å². The predicted octanol–water partition coefficient (Wildman–Crippen LogP) is 6.11. The maximum atomic E-state index is 10.0. The Balaban J connectivity index is 0.000000440.